The summed E-state index contributed by atoms with van der Waals surface area (Å²) >= 11 is 1.52. The predicted molar refractivity (Wildman–Crippen MR) is 123 cm³/mol. The van der Waals surface area contributed by atoms with Crippen molar-refractivity contribution in [1.29, 1.82) is 0 Å². The number of thioether (sulfide) groups is 1. The van der Waals surface area contributed by atoms with E-state index in [1.807, 2.05) is 32.2 Å². The molecule has 0 aliphatic heterocycles. The summed E-state index contributed by atoms with van der Waals surface area (Å²) in [5.74, 6) is -0.416. The van der Waals surface area contributed by atoms with Gasteiger partial charge in [-0.15, -0.1) is 0 Å². The third-order valence-electron chi connectivity index (χ3n) is 4.94. The molecule has 0 aliphatic carbocycles. The molecule has 10 heteroatoms. The Kier molecular flexibility index (Phi) is 6.93. The number of sulfonamides is 1. The summed E-state index contributed by atoms with van der Waals surface area (Å²) in [6.45, 7) is 3.84. The summed E-state index contributed by atoms with van der Waals surface area (Å²) in [4.78, 5) is 24.5. The minimum Gasteiger partial charge on any atom is -0.408 e. The first-order valence-electron chi connectivity index (χ1n) is 9.61. The van der Waals surface area contributed by atoms with Crippen LogP contribution in [0.25, 0.3) is 11.1 Å². The SMILES string of the molecule is CSCC[C@H](NS(=O)(=O)c1ccc2c(c1)oc(=O)n2C)C(=O)Nc1ccc(C)cc1C. The quantitative estimate of drug-likeness (QED) is 0.532. The minimum atomic E-state index is -4.03. The van der Waals surface area contributed by atoms with Crippen molar-refractivity contribution in [3.8, 4) is 0 Å². The van der Waals surface area contributed by atoms with E-state index in [9.17, 15) is 18.0 Å². The Morgan fingerprint density at radius 1 is 1.19 bits per heavy atom. The van der Waals surface area contributed by atoms with Crippen molar-refractivity contribution in [2.24, 2.45) is 7.05 Å². The van der Waals surface area contributed by atoms with Crippen LogP contribution in [-0.4, -0.2) is 36.9 Å². The average Bonchev–Trinajstić information content (AvgIpc) is 3.00. The number of nitrogens with zero attached hydrogens (tertiary/aromatic N) is 1. The lowest BCUT2D eigenvalue weighted by Crippen LogP contribution is -2.44. The van der Waals surface area contributed by atoms with Gasteiger partial charge in [0.15, 0.2) is 5.58 Å². The van der Waals surface area contributed by atoms with Crippen LogP contribution in [0.1, 0.15) is 17.5 Å². The highest BCUT2D eigenvalue weighted by Crippen LogP contribution is 2.20. The first-order chi connectivity index (χ1) is 14.6. The summed E-state index contributed by atoms with van der Waals surface area (Å²) in [5.41, 5.74) is 3.24. The van der Waals surface area contributed by atoms with Crippen LogP contribution >= 0.6 is 11.8 Å². The van der Waals surface area contributed by atoms with E-state index >= 15 is 0 Å². The van der Waals surface area contributed by atoms with Gasteiger partial charge in [0.05, 0.1) is 10.4 Å². The number of rotatable bonds is 8. The lowest BCUT2D eigenvalue weighted by molar-refractivity contribution is -0.117. The maximum absolute atomic E-state index is 13.0. The number of amides is 1. The van der Waals surface area contributed by atoms with E-state index < -0.39 is 27.7 Å². The van der Waals surface area contributed by atoms with Crippen molar-refractivity contribution in [1.82, 2.24) is 9.29 Å². The highest BCUT2D eigenvalue weighted by Gasteiger charge is 2.26. The second-order valence-electron chi connectivity index (χ2n) is 7.32. The Labute approximate surface area is 185 Å². The molecular weight excluding hydrogens is 438 g/mol. The number of nitrogens with one attached hydrogen (secondary N) is 2. The molecule has 0 aliphatic rings. The number of fused-ring (bicyclic) bond motifs is 1. The fourth-order valence-electron chi connectivity index (χ4n) is 3.19. The van der Waals surface area contributed by atoms with Crippen LogP contribution in [0.3, 0.4) is 0 Å². The minimum absolute atomic E-state index is 0.0807. The topological polar surface area (TPSA) is 110 Å². The van der Waals surface area contributed by atoms with Gasteiger partial charge in [-0.05, 0) is 56.0 Å². The van der Waals surface area contributed by atoms with Gasteiger partial charge in [-0.2, -0.15) is 16.5 Å². The Bertz CT molecular complexity index is 1280. The molecule has 166 valence electrons. The number of benzene rings is 2. The van der Waals surface area contributed by atoms with Crippen molar-refractivity contribution in [3.05, 3.63) is 58.1 Å². The van der Waals surface area contributed by atoms with Crippen LogP contribution in [0, 0.1) is 13.8 Å². The summed E-state index contributed by atoms with van der Waals surface area (Å²) in [7, 11) is -2.49. The summed E-state index contributed by atoms with van der Waals surface area (Å²) in [6, 6.07) is 8.83. The first kappa shape index (κ1) is 23.1. The monoisotopic (exact) mass is 463 g/mol. The van der Waals surface area contributed by atoms with Crippen molar-refractivity contribution in [2.75, 3.05) is 17.3 Å². The second kappa shape index (κ2) is 9.29. The molecule has 1 amide bonds. The molecule has 0 unspecified atom stereocenters. The van der Waals surface area contributed by atoms with E-state index in [4.69, 9.17) is 4.42 Å². The summed E-state index contributed by atoms with van der Waals surface area (Å²) in [6.07, 6.45) is 2.21. The molecule has 2 aromatic carbocycles. The fourth-order valence-corrected chi connectivity index (χ4v) is 4.91. The fraction of sp³-hybridized carbons (Fsp3) is 0.333. The smallest absolute Gasteiger partial charge is 0.408 e. The summed E-state index contributed by atoms with van der Waals surface area (Å²) in [5, 5.41) is 2.82. The third kappa shape index (κ3) is 5.20. The first-order valence-corrected chi connectivity index (χ1v) is 12.5. The Morgan fingerprint density at radius 3 is 2.61 bits per heavy atom. The Balaban J connectivity index is 1.86. The maximum atomic E-state index is 13.0. The normalized spacial score (nSPS) is 12.8. The standard InChI is InChI=1S/C21H25N3O5S2/c1-13-5-7-16(14(2)11-13)22-20(25)17(9-10-30-4)23-31(27,28)15-6-8-18-19(12-15)29-21(26)24(18)3/h5-8,11-12,17,23H,9-10H2,1-4H3,(H,22,25)/t17-/m0/s1. The molecule has 0 saturated carbocycles. The molecule has 3 aromatic rings. The summed E-state index contributed by atoms with van der Waals surface area (Å²) < 4.78 is 34.8. The second-order valence-corrected chi connectivity index (χ2v) is 10.0. The lowest BCUT2D eigenvalue weighted by Gasteiger charge is -2.19. The van der Waals surface area contributed by atoms with Crippen LogP contribution in [-0.2, 0) is 21.9 Å². The lowest BCUT2D eigenvalue weighted by atomic mass is 10.1. The number of hydrogen-bond acceptors (Lipinski definition) is 6. The van der Waals surface area contributed by atoms with E-state index in [1.54, 1.807) is 6.07 Å². The van der Waals surface area contributed by atoms with E-state index in [2.05, 4.69) is 10.0 Å². The maximum Gasteiger partial charge on any atom is 0.419 e. The van der Waals surface area contributed by atoms with Crippen molar-refractivity contribution in [3.63, 3.8) is 0 Å². The van der Waals surface area contributed by atoms with Gasteiger partial charge in [-0.3, -0.25) is 9.36 Å². The largest absolute Gasteiger partial charge is 0.419 e. The number of aromatic nitrogens is 1. The van der Waals surface area contributed by atoms with Crippen LogP contribution < -0.4 is 15.8 Å². The molecule has 0 saturated heterocycles. The number of carbonyl (C=O) groups is 1. The zero-order chi connectivity index (χ0) is 22.8. The molecule has 1 atom stereocenters. The number of oxazole rings is 1. The Hall–Kier alpha value is -2.56. The van der Waals surface area contributed by atoms with Gasteiger partial charge in [-0.1, -0.05) is 17.7 Å². The van der Waals surface area contributed by atoms with E-state index in [-0.39, 0.29) is 10.5 Å². The highest BCUT2D eigenvalue weighted by atomic mass is 32.2. The van der Waals surface area contributed by atoms with Gasteiger partial charge in [0.2, 0.25) is 15.9 Å². The molecule has 31 heavy (non-hydrogen) atoms. The van der Waals surface area contributed by atoms with Gasteiger partial charge in [0.1, 0.15) is 6.04 Å². The molecule has 1 aromatic heterocycles. The van der Waals surface area contributed by atoms with Gasteiger partial charge < -0.3 is 9.73 Å². The van der Waals surface area contributed by atoms with Gasteiger partial charge in [0, 0.05) is 18.8 Å². The molecule has 8 nitrogen and oxygen atoms in total. The molecule has 0 bridgehead atoms. The zero-order valence-electron chi connectivity index (χ0n) is 17.8. The van der Waals surface area contributed by atoms with Crippen LogP contribution in [0.4, 0.5) is 5.69 Å². The zero-order valence-corrected chi connectivity index (χ0v) is 19.4. The van der Waals surface area contributed by atoms with Crippen molar-refractivity contribution in [2.45, 2.75) is 31.2 Å². The van der Waals surface area contributed by atoms with Crippen molar-refractivity contribution >= 4 is 44.5 Å². The van der Waals surface area contributed by atoms with Gasteiger partial charge in [0.25, 0.3) is 0 Å². The number of aryl methyl sites for hydroxylation is 3. The van der Waals surface area contributed by atoms with Gasteiger partial charge in [-0.25, -0.2) is 13.2 Å². The van der Waals surface area contributed by atoms with E-state index in [0.717, 1.165) is 11.1 Å². The third-order valence-corrected chi connectivity index (χ3v) is 7.05. The molecule has 2 N–H and O–H groups in total. The molecule has 3 rings (SSSR count). The van der Waals surface area contributed by atoms with E-state index in [1.165, 1.54) is 41.6 Å². The molecule has 0 fully saturated rings. The molecule has 0 spiro atoms. The average molecular weight is 464 g/mol. The molecule has 0 radical (unpaired) electrons. The highest BCUT2D eigenvalue weighted by molar-refractivity contribution is 7.98. The number of carbonyl (C=O) groups excluding carboxylic acids is 1. The van der Waals surface area contributed by atoms with Crippen LogP contribution in [0.5, 0.6) is 0 Å². The van der Waals surface area contributed by atoms with E-state index in [0.29, 0.717) is 23.4 Å². The van der Waals surface area contributed by atoms with Gasteiger partial charge >= 0.3 is 5.76 Å². The van der Waals surface area contributed by atoms with Crippen LogP contribution in [0.15, 0.2) is 50.5 Å². The number of hydrogen-bond donors (Lipinski definition) is 2. The molecule has 1 heterocycles. The van der Waals surface area contributed by atoms with Crippen LogP contribution in [0.2, 0.25) is 0 Å². The van der Waals surface area contributed by atoms with Crippen molar-refractivity contribution < 1.29 is 17.6 Å². The predicted octanol–water partition coefficient (Wildman–Crippen LogP) is 2.79. The number of anilines is 1. The Morgan fingerprint density at radius 2 is 1.94 bits per heavy atom. The molecular formula is C21H25N3O5S2.